The number of fused-ring (bicyclic) bond motifs is 1. The molecule has 1 aliphatic rings. The number of hydrogen-bond acceptors (Lipinski definition) is 2. The third-order valence-electron chi connectivity index (χ3n) is 3.44. The molecule has 106 valence electrons. The lowest BCUT2D eigenvalue weighted by atomic mass is 10.00. The zero-order valence-corrected chi connectivity index (χ0v) is 12.7. The first-order valence-corrected chi connectivity index (χ1v) is 7.38. The van der Waals surface area contributed by atoms with Gasteiger partial charge in [0.1, 0.15) is 5.75 Å². The molecule has 2 aromatic carbocycles. The molecule has 0 bridgehead atoms. The Kier molecular flexibility index (Phi) is 3.96. The fourth-order valence-electron chi connectivity index (χ4n) is 2.48. The molecular weight excluding hydrogens is 305 g/mol. The number of ether oxygens (including phenoxy) is 1. The third-order valence-corrected chi connectivity index (χ3v) is 3.93. The van der Waals surface area contributed by atoms with Crippen LogP contribution in [0.5, 0.6) is 5.75 Å². The summed E-state index contributed by atoms with van der Waals surface area (Å²) < 4.78 is 5.66. The Balaban J connectivity index is 1.93. The van der Waals surface area contributed by atoms with E-state index in [2.05, 4.69) is 11.2 Å². The molecule has 0 fully saturated rings. The molecule has 1 unspecified atom stereocenters. The number of benzene rings is 2. The zero-order chi connectivity index (χ0) is 14.8. The average molecular weight is 318 g/mol. The predicted molar refractivity (Wildman–Crippen MR) is 87.3 cm³/mol. The fourth-order valence-corrected chi connectivity index (χ4v) is 3.04. The lowest BCUT2D eigenvalue weighted by molar-refractivity contribution is 0.274. The summed E-state index contributed by atoms with van der Waals surface area (Å²) in [6.45, 7) is 0.612. The highest BCUT2D eigenvalue weighted by Gasteiger charge is 2.24. The Morgan fingerprint density at radius 1 is 1.24 bits per heavy atom. The number of rotatable bonds is 2. The van der Waals surface area contributed by atoms with Gasteiger partial charge in [-0.05, 0) is 30.3 Å². The molecule has 21 heavy (non-hydrogen) atoms. The Bertz CT molecular complexity index is 721. The van der Waals surface area contributed by atoms with Gasteiger partial charge in [-0.3, -0.25) is 0 Å². The maximum atomic E-state index is 6.20. The van der Waals surface area contributed by atoms with E-state index in [0.717, 1.165) is 23.2 Å². The molecule has 1 heterocycles. The van der Waals surface area contributed by atoms with Gasteiger partial charge >= 0.3 is 0 Å². The van der Waals surface area contributed by atoms with E-state index >= 15 is 0 Å². The molecule has 0 saturated carbocycles. The van der Waals surface area contributed by atoms with Crippen molar-refractivity contribution < 1.29 is 4.74 Å². The van der Waals surface area contributed by atoms with Crippen molar-refractivity contribution in [1.82, 2.24) is 0 Å². The van der Waals surface area contributed by atoms with Gasteiger partial charge in [-0.25, -0.2) is 0 Å². The molecule has 2 nitrogen and oxygen atoms in total. The van der Waals surface area contributed by atoms with Crippen LogP contribution in [0.3, 0.4) is 0 Å². The van der Waals surface area contributed by atoms with Gasteiger partial charge in [0.25, 0.3) is 0 Å². The second-order valence-corrected chi connectivity index (χ2v) is 5.71. The molecular formula is C17H13Cl2NO. The molecule has 0 radical (unpaired) electrons. The van der Waals surface area contributed by atoms with Crippen LogP contribution in [0.1, 0.15) is 23.6 Å². The smallest absolute Gasteiger partial charge is 0.143 e. The van der Waals surface area contributed by atoms with E-state index in [1.54, 1.807) is 6.07 Å². The Hall–Kier alpha value is -1.82. The standard InChI is InChI=1S/C17H13Cl2NO/c1-2-11-4-3-5-13(8-11)20-16-6-7-21-17-14(16)9-12(18)10-15(17)19/h1,3-5,8-10,16,20H,6-7H2. The molecule has 4 heteroatoms. The van der Waals surface area contributed by atoms with Gasteiger partial charge in [-0.1, -0.05) is 35.2 Å². The van der Waals surface area contributed by atoms with Gasteiger partial charge in [0.2, 0.25) is 0 Å². The van der Waals surface area contributed by atoms with Crippen LogP contribution in [0.15, 0.2) is 36.4 Å². The number of nitrogens with one attached hydrogen (secondary N) is 1. The largest absolute Gasteiger partial charge is 0.492 e. The van der Waals surface area contributed by atoms with E-state index in [1.165, 1.54) is 0 Å². The van der Waals surface area contributed by atoms with Gasteiger partial charge in [-0.15, -0.1) is 6.42 Å². The molecule has 0 amide bonds. The molecule has 2 aromatic rings. The monoisotopic (exact) mass is 317 g/mol. The van der Waals surface area contributed by atoms with Crippen LogP contribution in [-0.2, 0) is 0 Å². The van der Waals surface area contributed by atoms with Gasteiger partial charge in [-0.2, -0.15) is 0 Å². The molecule has 0 aromatic heterocycles. The average Bonchev–Trinajstić information content (AvgIpc) is 2.48. The molecule has 0 aliphatic carbocycles. The van der Waals surface area contributed by atoms with Gasteiger partial charge < -0.3 is 10.1 Å². The second-order valence-electron chi connectivity index (χ2n) is 4.87. The van der Waals surface area contributed by atoms with Crippen LogP contribution in [-0.4, -0.2) is 6.61 Å². The van der Waals surface area contributed by atoms with E-state index in [0.29, 0.717) is 22.4 Å². The van der Waals surface area contributed by atoms with E-state index in [9.17, 15) is 0 Å². The van der Waals surface area contributed by atoms with Crippen LogP contribution < -0.4 is 10.1 Å². The number of halogens is 2. The Morgan fingerprint density at radius 2 is 2.10 bits per heavy atom. The maximum Gasteiger partial charge on any atom is 0.143 e. The Morgan fingerprint density at radius 3 is 2.90 bits per heavy atom. The zero-order valence-electron chi connectivity index (χ0n) is 11.2. The number of hydrogen-bond donors (Lipinski definition) is 1. The summed E-state index contributed by atoms with van der Waals surface area (Å²) in [5.74, 6) is 3.34. The second kappa shape index (κ2) is 5.89. The first-order chi connectivity index (χ1) is 10.2. The fraction of sp³-hybridized carbons (Fsp3) is 0.176. The normalized spacial score (nSPS) is 16.5. The van der Waals surface area contributed by atoms with Crippen molar-refractivity contribution in [2.24, 2.45) is 0 Å². The molecule has 3 rings (SSSR count). The van der Waals surface area contributed by atoms with Crippen molar-refractivity contribution in [3.05, 3.63) is 57.6 Å². The van der Waals surface area contributed by atoms with Crippen molar-refractivity contribution in [2.75, 3.05) is 11.9 Å². The lowest BCUT2D eigenvalue weighted by Crippen LogP contribution is -2.20. The van der Waals surface area contributed by atoms with Gasteiger partial charge in [0.05, 0.1) is 17.7 Å². The summed E-state index contributed by atoms with van der Waals surface area (Å²) in [5.41, 5.74) is 2.79. The van der Waals surface area contributed by atoms with Crippen molar-refractivity contribution in [3.63, 3.8) is 0 Å². The first kappa shape index (κ1) is 14.1. The first-order valence-electron chi connectivity index (χ1n) is 6.62. The van der Waals surface area contributed by atoms with Crippen LogP contribution in [0.25, 0.3) is 0 Å². The number of terminal acetylenes is 1. The minimum absolute atomic E-state index is 0.0953. The molecule has 1 N–H and O–H groups in total. The Labute approximate surface area is 134 Å². The van der Waals surface area contributed by atoms with E-state index in [1.807, 2.05) is 30.3 Å². The summed E-state index contributed by atoms with van der Waals surface area (Å²) in [4.78, 5) is 0. The van der Waals surface area contributed by atoms with Crippen LogP contribution in [0.4, 0.5) is 5.69 Å². The summed E-state index contributed by atoms with van der Waals surface area (Å²) in [5, 5.41) is 4.62. The maximum absolute atomic E-state index is 6.20. The minimum atomic E-state index is 0.0953. The number of anilines is 1. The van der Waals surface area contributed by atoms with Crippen molar-refractivity contribution in [2.45, 2.75) is 12.5 Å². The molecule has 1 aliphatic heterocycles. The molecule has 0 spiro atoms. The van der Waals surface area contributed by atoms with Crippen LogP contribution >= 0.6 is 23.2 Å². The molecule has 1 atom stereocenters. The van der Waals surface area contributed by atoms with E-state index in [-0.39, 0.29) is 6.04 Å². The van der Waals surface area contributed by atoms with E-state index < -0.39 is 0 Å². The minimum Gasteiger partial charge on any atom is -0.492 e. The highest BCUT2D eigenvalue weighted by Crippen LogP contribution is 2.41. The SMILES string of the molecule is C#Cc1cccc(NC2CCOc3c(Cl)cc(Cl)cc32)c1. The highest BCUT2D eigenvalue weighted by molar-refractivity contribution is 6.35. The predicted octanol–water partition coefficient (Wildman–Crippen LogP) is 4.91. The molecule has 0 saturated heterocycles. The van der Waals surface area contributed by atoms with Crippen molar-refractivity contribution >= 4 is 28.9 Å². The van der Waals surface area contributed by atoms with Gasteiger partial charge in [0, 0.05) is 28.3 Å². The van der Waals surface area contributed by atoms with Crippen LogP contribution in [0, 0.1) is 12.3 Å². The quantitative estimate of drug-likeness (QED) is 0.794. The van der Waals surface area contributed by atoms with E-state index in [4.69, 9.17) is 34.4 Å². The summed E-state index contributed by atoms with van der Waals surface area (Å²) in [6, 6.07) is 11.5. The lowest BCUT2D eigenvalue weighted by Gasteiger charge is -2.28. The highest BCUT2D eigenvalue weighted by atomic mass is 35.5. The topological polar surface area (TPSA) is 21.3 Å². The van der Waals surface area contributed by atoms with Gasteiger partial charge in [0.15, 0.2) is 0 Å². The van der Waals surface area contributed by atoms with Crippen molar-refractivity contribution in [3.8, 4) is 18.1 Å². The van der Waals surface area contributed by atoms with Crippen molar-refractivity contribution in [1.29, 1.82) is 0 Å². The third kappa shape index (κ3) is 2.95. The summed E-state index contributed by atoms with van der Waals surface area (Å²) in [7, 11) is 0. The summed E-state index contributed by atoms with van der Waals surface area (Å²) in [6.07, 6.45) is 6.27. The van der Waals surface area contributed by atoms with Crippen LogP contribution in [0.2, 0.25) is 10.0 Å². The summed E-state index contributed by atoms with van der Waals surface area (Å²) >= 11 is 12.3.